The Hall–Kier alpha value is -4.26. The number of rotatable bonds is 5. The van der Waals surface area contributed by atoms with Gasteiger partial charge in [0, 0.05) is 35.5 Å². The van der Waals surface area contributed by atoms with Gasteiger partial charge in [-0.3, -0.25) is 9.59 Å². The van der Waals surface area contributed by atoms with E-state index in [0.717, 1.165) is 22.4 Å². The molecule has 34 heavy (non-hydrogen) atoms. The zero-order chi connectivity index (χ0) is 23.7. The molecule has 7 heteroatoms. The lowest BCUT2D eigenvalue weighted by Gasteiger charge is -2.17. The van der Waals surface area contributed by atoms with Crippen LogP contribution in [-0.2, 0) is 9.59 Å². The lowest BCUT2D eigenvalue weighted by atomic mass is 10.1. The molecule has 4 aromatic rings. The fraction of sp³-hybridized carbons (Fsp3) is 0.185. The molecule has 0 unspecified atom stereocenters. The number of hydrogen-bond donors (Lipinski definition) is 1. The van der Waals surface area contributed by atoms with E-state index < -0.39 is 5.92 Å². The van der Waals surface area contributed by atoms with Crippen LogP contribution in [0, 0.1) is 19.8 Å². The van der Waals surface area contributed by atoms with Crippen LogP contribution in [0.15, 0.2) is 77.3 Å². The normalized spacial score (nSPS) is 15.5. The van der Waals surface area contributed by atoms with E-state index in [2.05, 4.69) is 15.5 Å². The van der Waals surface area contributed by atoms with Crippen molar-refractivity contribution in [3.8, 4) is 22.8 Å². The molecule has 1 N–H and O–H groups in total. The van der Waals surface area contributed by atoms with Crippen LogP contribution < -0.4 is 10.2 Å². The predicted octanol–water partition coefficient (Wildman–Crippen LogP) is 5.01. The van der Waals surface area contributed by atoms with E-state index in [-0.39, 0.29) is 18.2 Å². The Morgan fingerprint density at radius 2 is 1.68 bits per heavy atom. The molecular formula is C27H24N4O3. The number of amides is 2. The molecule has 1 aromatic heterocycles. The van der Waals surface area contributed by atoms with E-state index >= 15 is 0 Å². The van der Waals surface area contributed by atoms with Gasteiger partial charge in [-0.25, -0.2) is 0 Å². The van der Waals surface area contributed by atoms with Gasteiger partial charge in [0.05, 0.1) is 5.92 Å². The molecule has 1 fully saturated rings. The second-order valence-electron chi connectivity index (χ2n) is 8.60. The molecule has 3 aromatic carbocycles. The summed E-state index contributed by atoms with van der Waals surface area (Å²) >= 11 is 0. The van der Waals surface area contributed by atoms with Gasteiger partial charge < -0.3 is 14.7 Å². The zero-order valence-electron chi connectivity index (χ0n) is 19.0. The van der Waals surface area contributed by atoms with Gasteiger partial charge in [0.15, 0.2) is 0 Å². The third-order valence-electron chi connectivity index (χ3n) is 5.95. The summed E-state index contributed by atoms with van der Waals surface area (Å²) in [6.07, 6.45) is 0.184. The average molecular weight is 453 g/mol. The first-order valence-corrected chi connectivity index (χ1v) is 11.2. The van der Waals surface area contributed by atoms with E-state index in [1.807, 2.05) is 74.5 Å². The lowest BCUT2D eigenvalue weighted by molar-refractivity contribution is -0.122. The Morgan fingerprint density at radius 3 is 2.41 bits per heavy atom. The second-order valence-corrected chi connectivity index (χ2v) is 8.60. The van der Waals surface area contributed by atoms with Gasteiger partial charge in [-0.1, -0.05) is 58.7 Å². The Bertz CT molecular complexity index is 1340. The molecule has 0 spiro atoms. The Labute approximate surface area is 197 Å². The van der Waals surface area contributed by atoms with Crippen molar-refractivity contribution in [2.75, 3.05) is 16.8 Å². The highest BCUT2D eigenvalue weighted by Gasteiger charge is 2.35. The zero-order valence-corrected chi connectivity index (χ0v) is 19.0. The minimum absolute atomic E-state index is 0.0488. The van der Waals surface area contributed by atoms with Gasteiger partial charge in [0.1, 0.15) is 0 Å². The number of aromatic nitrogens is 2. The van der Waals surface area contributed by atoms with Crippen LogP contribution in [0.1, 0.15) is 17.5 Å². The highest BCUT2D eigenvalue weighted by Crippen LogP contribution is 2.28. The maximum atomic E-state index is 12.9. The molecule has 0 saturated carbocycles. The molecule has 0 aliphatic carbocycles. The smallest absolute Gasteiger partial charge is 0.258 e. The molecule has 7 nitrogen and oxygen atoms in total. The van der Waals surface area contributed by atoms with Crippen LogP contribution in [-0.4, -0.2) is 28.5 Å². The van der Waals surface area contributed by atoms with Crippen molar-refractivity contribution >= 4 is 23.2 Å². The van der Waals surface area contributed by atoms with E-state index in [1.54, 1.807) is 17.0 Å². The first-order chi connectivity index (χ1) is 16.5. The van der Waals surface area contributed by atoms with Gasteiger partial charge in [-0.05, 0) is 44.2 Å². The Kier molecular flexibility index (Phi) is 5.67. The van der Waals surface area contributed by atoms with E-state index in [9.17, 15) is 9.59 Å². The van der Waals surface area contributed by atoms with Crippen LogP contribution in [0.5, 0.6) is 0 Å². The Balaban J connectivity index is 1.28. The van der Waals surface area contributed by atoms with Gasteiger partial charge in [0.2, 0.25) is 17.6 Å². The number of benzene rings is 3. The number of carbonyl (C=O) groups is 2. The van der Waals surface area contributed by atoms with Gasteiger partial charge in [-0.2, -0.15) is 4.98 Å². The Morgan fingerprint density at radius 1 is 0.971 bits per heavy atom. The third kappa shape index (κ3) is 4.45. The topological polar surface area (TPSA) is 88.3 Å². The largest absolute Gasteiger partial charge is 0.334 e. The summed E-state index contributed by atoms with van der Waals surface area (Å²) < 4.78 is 5.46. The first-order valence-electron chi connectivity index (χ1n) is 11.2. The highest BCUT2D eigenvalue weighted by atomic mass is 16.5. The number of anilines is 2. The molecular weight excluding hydrogens is 428 g/mol. The fourth-order valence-corrected chi connectivity index (χ4v) is 3.99. The number of aryl methyl sites for hydroxylation is 2. The van der Waals surface area contributed by atoms with Crippen molar-refractivity contribution in [3.63, 3.8) is 0 Å². The average Bonchev–Trinajstić information content (AvgIpc) is 3.48. The molecule has 1 atom stereocenters. The molecule has 0 radical (unpaired) electrons. The standard InChI is InChI=1S/C27H24N4O3/c1-17-6-10-19(11-7-17)25-29-27(34-30-25)20-4-3-5-22(14-20)28-26(33)21-15-24(32)31(16-21)23-12-8-18(2)9-13-23/h3-14,21H,15-16H2,1-2H3,(H,28,33)/t21-/m0/s1. The third-order valence-corrected chi connectivity index (χ3v) is 5.95. The molecule has 2 amide bonds. The summed E-state index contributed by atoms with van der Waals surface area (Å²) in [6.45, 7) is 4.38. The number of carbonyl (C=O) groups excluding carboxylic acids is 2. The molecule has 170 valence electrons. The number of nitrogens with one attached hydrogen (secondary N) is 1. The molecule has 1 aliphatic rings. The van der Waals surface area contributed by atoms with Crippen LogP contribution in [0.3, 0.4) is 0 Å². The molecule has 0 bridgehead atoms. The molecule has 2 heterocycles. The summed E-state index contributed by atoms with van der Waals surface area (Å²) in [5, 5.41) is 7.01. The molecule has 1 aliphatic heterocycles. The first kappa shape index (κ1) is 21.6. The van der Waals surface area contributed by atoms with E-state index in [1.165, 1.54) is 0 Å². The van der Waals surface area contributed by atoms with Crippen molar-refractivity contribution in [3.05, 3.63) is 83.9 Å². The van der Waals surface area contributed by atoms with Gasteiger partial charge >= 0.3 is 0 Å². The second kappa shape index (κ2) is 8.94. The number of nitrogens with zero attached hydrogens (tertiary/aromatic N) is 3. The quantitative estimate of drug-likeness (QED) is 0.460. The molecule has 1 saturated heterocycles. The minimum Gasteiger partial charge on any atom is -0.334 e. The van der Waals surface area contributed by atoms with Crippen molar-refractivity contribution in [1.29, 1.82) is 0 Å². The summed E-state index contributed by atoms with van der Waals surface area (Å²) in [6, 6.07) is 22.9. The van der Waals surface area contributed by atoms with Gasteiger partial charge in [0.25, 0.3) is 5.89 Å². The summed E-state index contributed by atoms with van der Waals surface area (Å²) in [4.78, 5) is 31.6. The lowest BCUT2D eigenvalue weighted by Crippen LogP contribution is -2.28. The summed E-state index contributed by atoms with van der Waals surface area (Å²) in [7, 11) is 0. The van der Waals surface area contributed by atoms with Crippen LogP contribution >= 0.6 is 0 Å². The maximum Gasteiger partial charge on any atom is 0.258 e. The van der Waals surface area contributed by atoms with E-state index in [4.69, 9.17) is 4.52 Å². The summed E-state index contributed by atoms with van der Waals surface area (Å²) in [5.74, 6) is 0.214. The monoisotopic (exact) mass is 452 g/mol. The number of hydrogen-bond acceptors (Lipinski definition) is 5. The fourth-order valence-electron chi connectivity index (χ4n) is 3.99. The van der Waals surface area contributed by atoms with Crippen molar-refractivity contribution in [1.82, 2.24) is 10.1 Å². The van der Waals surface area contributed by atoms with Crippen LogP contribution in [0.2, 0.25) is 0 Å². The van der Waals surface area contributed by atoms with Crippen LogP contribution in [0.25, 0.3) is 22.8 Å². The van der Waals surface area contributed by atoms with Gasteiger partial charge in [-0.15, -0.1) is 0 Å². The SMILES string of the molecule is Cc1ccc(-c2noc(-c3cccc(NC(=O)[C@H]4CC(=O)N(c5ccc(C)cc5)C4)c3)n2)cc1. The predicted molar refractivity (Wildman–Crippen MR) is 130 cm³/mol. The highest BCUT2D eigenvalue weighted by molar-refractivity contribution is 6.03. The van der Waals surface area contributed by atoms with Crippen molar-refractivity contribution < 1.29 is 14.1 Å². The van der Waals surface area contributed by atoms with Crippen molar-refractivity contribution in [2.24, 2.45) is 5.92 Å². The van der Waals surface area contributed by atoms with Crippen molar-refractivity contribution in [2.45, 2.75) is 20.3 Å². The minimum atomic E-state index is -0.422. The van der Waals surface area contributed by atoms with Crippen LogP contribution in [0.4, 0.5) is 11.4 Å². The van der Waals surface area contributed by atoms with E-state index in [0.29, 0.717) is 29.5 Å². The summed E-state index contributed by atoms with van der Waals surface area (Å²) in [5.41, 5.74) is 5.27. The maximum absolute atomic E-state index is 12.9. The molecule has 5 rings (SSSR count).